The van der Waals surface area contributed by atoms with E-state index in [-0.39, 0.29) is 61.4 Å². The van der Waals surface area contributed by atoms with Gasteiger partial charge in [-0.2, -0.15) is 0 Å². The number of benzene rings is 7. The van der Waals surface area contributed by atoms with Gasteiger partial charge in [0.1, 0.15) is 0 Å². The molecule has 0 radical (unpaired) electrons. The smallest absolute Gasteiger partial charge is 0.335 e. The summed E-state index contributed by atoms with van der Waals surface area (Å²) in [6.07, 6.45) is 0. The van der Waals surface area contributed by atoms with Crippen LogP contribution >= 0.6 is 34.8 Å². The highest BCUT2D eigenvalue weighted by molar-refractivity contribution is 6.70. The Morgan fingerprint density at radius 3 is 0.767 bits per heavy atom. The summed E-state index contributed by atoms with van der Waals surface area (Å²) in [4.78, 5) is 109. The third-order valence-corrected chi connectivity index (χ3v) is 10.3. The van der Waals surface area contributed by atoms with Gasteiger partial charge in [-0.3, -0.25) is 33.6 Å². The lowest BCUT2D eigenvalue weighted by Crippen LogP contribution is -2.19. The molecular formula is C51H39Cl3N8O11. The lowest BCUT2D eigenvalue weighted by atomic mass is 10.0. The molecule has 0 bridgehead atoms. The monoisotopic (exact) mass is 1040 g/mol. The Bertz CT molecular complexity index is 3150. The van der Waals surface area contributed by atoms with Crippen molar-refractivity contribution in [1.82, 2.24) is 0 Å². The number of aromatic carboxylic acids is 2. The predicted octanol–water partition coefficient (Wildman–Crippen LogP) is 8.93. The minimum Gasteiger partial charge on any atom is -0.478 e. The summed E-state index contributed by atoms with van der Waals surface area (Å²) >= 11 is 15.6. The van der Waals surface area contributed by atoms with Gasteiger partial charge in [0.25, 0.3) is 39.4 Å². The van der Waals surface area contributed by atoms with Gasteiger partial charge in [0.05, 0.1) is 11.1 Å². The van der Waals surface area contributed by atoms with Crippen molar-refractivity contribution in [3.05, 3.63) is 202 Å². The third kappa shape index (κ3) is 16.3. The molecule has 7 aromatic carbocycles. The van der Waals surface area contributed by atoms with Crippen LogP contribution < -0.4 is 44.2 Å². The van der Waals surface area contributed by atoms with Crippen LogP contribution in [0.2, 0.25) is 0 Å². The second-order valence-electron chi connectivity index (χ2n) is 15.1. The van der Waals surface area contributed by atoms with E-state index in [9.17, 15) is 53.4 Å². The maximum absolute atomic E-state index is 13.5. The molecule has 22 heteroatoms. The van der Waals surface area contributed by atoms with Crippen molar-refractivity contribution in [2.45, 2.75) is 0 Å². The average Bonchev–Trinajstić information content (AvgIpc) is 3.34. The van der Waals surface area contributed by atoms with Crippen LogP contribution in [0, 0.1) is 0 Å². The fourth-order valence-electron chi connectivity index (χ4n) is 6.27. The molecule has 7 rings (SSSR count). The molecule has 73 heavy (non-hydrogen) atoms. The largest absolute Gasteiger partial charge is 0.478 e. The molecule has 0 fully saturated rings. The van der Waals surface area contributed by atoms with Gasteiger partial charge in [-0.05, 0) is 162 Å². The molecule has 0 saturated heterocycles. The summed E-state index contributed by atoms with van der Waals surface area (Å²) in [5.74, 6) is -5.57. The van der Waals surface area contributed by atoms with Crippen LogP contribution in [0.3, 0.4) is 0 Å². The van der Waals surface area contributed by atoms with Crippen molar-refractivity contribution >= 4 is 132 Å². The molecule has 370 valence electrons. The molecule has 0 spiro atoms. The Hall–Kier alpha value is -9.56. The number of amides is 4. The summed E-state index contributed by atoms with van der Waals surface area (Å²) in [7, 11) is 0. The summed E-state index contributed by atoms with van der Waals surface area (Å²) in [5.41, 5.74) is 24.7. The maximum atomic E-state index is 13.5. The average molecular weight is 1050 g/mol. The quantitative estimate of drug-likeness (QED) is 0.0380. The lowest BCUT2D eigenvalue weighted by Gasteiger charge is -2.13. The zero-order valence-corrected chi connectivity index (χ0v) is 39.7. The number of nitrogen functional groups attached to an aromatic ring is 4. The Morgan fingerprint density at radius 2 is 0.521 bits per heavy atom. The van der Waals surface area contributed by atoms with Gasteiger partial charge in [-0.1, -0.05) is 24.3 Å². The van der Waals surface area contributed by atoms with Crippen molar-refractivity contribution in [3.8, 4) is 0 Å². The number of carbonyl (C=O) groups excluding carboxylic acids is 7. The normalized spacial score (nSPS) is 10.1. The van der Waals surface area contributed by atoms with Crippen molar-refractivity contribution < 1.29 is 53.4 Å². The first-order valence-corrected chi connectivity index (χ1v) is 21.9. The topological polar surface area (TPSA) is 346 Å². The van der Waals surface area contributed by atoms with Crippen molar-refractivity contribution in [3.63, 3.8) is 0 Å². The van der Waals surface area contributed by atoms with E-state index in [1.165, 1.54) is 60.7 Å². The number of anilines is 8. The standard InChI is InChI=1S/C36H28N6O8.C9H3Cl3O3.C6H8N2/c37-25-4-1-6-27(16-25)39-31(43)19-10-20(32(44)40-28-7-2-5-26(38)17-28)12-21(11-19)33(45)41-29-8-3-9-30(18-29)42-34(46)22-13-23(35(47)48)15-24(14-22)36(49)50;10-7(13)4-1-5(8(11)14)3-6(2-4)9(12)15;7-5-2-1-3-6(8)4-5/h1-18H,37-38H2,(H,39,43)(H,40,44)(H,41,45)(H,42,46)(H,47,48)(H,49,50);1-3H;1-4H,7-8H2. The third-order valence-electron chi connectivity index (χ3n) is 9.60. The summed E-state index contributed by atoms with van der Waals surface area (Å²) in [5, 5.41) is 26.9. The van der Waals surface area contributed by atoms with E-state index in [1.54, 1.807) is 66.7 Å². The molecular weight excluding hydrogens is 1010 g/mol. The highest BCUT2D eigenvalue weighted by atomic mass is 35.5. The fourth-order valence-corrected chi connectivity index (χ4v) is 6.60. The Kier molecular flexibility index (Phi) is 18.5. The van der Waals surface area contributed by atoms with E-state index in [4.69, 9.17) is 57.7 Å². The molecule has 19 nitrogen and oxygen atoms in total. The van der Waals surface area contributed by atoms with Crippen molar-refractivity contribution in [1.29, 1.82) is 0 Å². The second-order valence-corrected chi connectivity index (χ2v) is 16.2. The van der Waals surface area contributed by atoms with Gasteiger partial charge in [0.15, 0.2) is 0 Å². The number of carbonyl (C=O) groups is 9. The van der Waals surface area contributed by atoms with Gasteiger partial charge in [-0.15, -0.1) is 0 Å². The van der Waals surface area contributed by atoms with E-state index < -0.39 is 51.3 Å². The Morgan fingerprint density at radius 1 is 0.301 bits per heavy atom. The summed E-state index contributed by atoms with van der Waals surface area (Å²) in [6, 6.07) is 36.5. The van der Waals surface area contributed by atoms with E-state index in [0.29, 0.717) is 34.1 Å². The van der Waals surface area contributed by atoms with Crippen LogP contribution in [0.5, 0.6) is 0 Å². The molecule has 0 saturated carbocycles. The Labute approximate surface area is 429 Å². The first kappa shape index (κ1) is 54.4. The lowest BCUT2D eigenvalue weighted by molar-refractivity contribution is 0.0695. The number of hydrogen-bond donors (Lipinski definition) is 10. The number of carboxylic acid groups (broad SMARTS) is 2. The minimum atomic E-state index is -1.41. The van der Waals surface area contributed by atoms with Gasteiger partial charge >= 0.3 is 11.9 Å². The van der Waals surface area contributed by atoms with Crippen LogP contribution in [0.1, 0.15) is 93.2 Å². The Balaban J connectivity index is 0.000000350. The van der Waals surface area contributed by atoms with Crippen molar-refractivity contribution in [2.24, 2.45) is 0 Å². The predicted molar refractivity (Wildman–Crippen MR) is 279 cm³/mol. The van der Waals surface area contributed by atoms with Crippen LogP contribution in [0.4, 0.5) is 45.5 Å². The number of nitrogens with one attached hydrogen (secondary N) is 4. The number of rotatable bonds is 13. The molecule has 7 aromatic rings. The fraction of sp³-hybridized carbons (Fsp3) is 0. The van der Waals surface area contributed by atoms with Gasteiger partial charge in [-0.25, -0.2) is 9.59 Å². The number of hydrogen-bond acceptors (Lipinski definition) is 13. The first-order valence-electron chi connectivity index (χ1n) is 20.7. The summed E-state index contributed by atoms with van der Waals surface area (Å²) < 4.78 is 0. The molecule has 0 aliphatic carbocycles. The first-order chi connectivity index (χ1) is 34.5. The zero-order chi connectivity index (χ0) is 53.5. The van der Waals surface area contributed by atoms with Crippen LogP contribution in [-0.4, -0.2) is 61.5 Å². The van der Waals surface area contributed by atoms with E-state index in [0.717, 1.165) is 18.2 Å². The van der Waals surface area contributed by atoms with E-state index in [1.807, 2.05) is 6.07 Å². The molecule has 0 aliphatic heterocycles. The minimum absolute atomic E-state index is 0.00725. The second kappa shape index (κ2) is 24.8. The molecule has 0 aromatic heterocycles. The molecule has 0 heterocycles. The number of nitrogens with two attached hydrogens (primary N) is 4. The van der Waals surface area contributed by atoms with Crippen LogP contribution in [0.25, 0.3) is 0 Å². The summed E-state index contributed by atoms with van der Waals surface area (Å²) in [6.45, 7) is 0. The molecule has 0 unspecified atom stereocenters. The zero-order valence-electron chi connectivity index (χ0n) is 37.4. The van der Waals surface area contributed by atoms with Gasteiger partial charge in [0, 0.05) is 84.4 Å². The van der Waals surface area contributed by atoms with Gasteiger partial charge < -0.3 is 54.4 Å². The molecule has 14 N–H and O–H groups in total. The van der Waals surface area contributed by atoms with Crippen LogP contribution in [-0.2, 0) is 0 Å². The number of halogens is 3. The van der Waals surface area contributed by atoms with Crippen LogP contribution in [0.15, 0.2) is 152 Å². The highest BCUT2D eigenvalue weighted by Gasteiger charge is 2.20. The highest BCUT2D eigenvalue weighted by Crippen LogP contribution is 2.23. The van der Waals surface area contributed by atoms with Gasteiger partial charge in [0.2, 0.25) is 0 Å². The molecule has 0 atom stereocenters. The SMILES string of the molecule is Nc1cccc(N)c1.Nc1cccc(NC(=O)c2cc(C(=O)Nc3cccc(N)c3)cc(C(=O)Nc3cccc(NC(=O)c4cc(C(=O)O)cc(C(=O)O)c4)c3)c2)c1.O=C(Cl)c1cc(C(=O)Cl)cc(C(=O)Cl)c1. The molecule has 4 amide bonds. The van der Waals surface area contributed by atoms with E-state index >= 15 is 0 Å². The van der Waals surface area contributed by atoms with E-state index in [2.05, 4.69) is 21.3 Å². The van der Waals surface area contributed by atoms with Crippen molar-refractivity contribution in [2.75, 3.05) is 44.2 Å². The molecule has 0 aliphatic rings. The number of carboxylic acids is 2. The maximum Gasteiger partial charge on any atom is 0.335 e.